The number of carbonyl (C=O) groups excluding carboxylic acids is 3. The topological polar surface area (TPSA) is 129 Å². The number of esters is 3. The van der Waals surface area contributed by atoms with E-state index < -0.39 is 69.8 Å². The van der Waals surface area contributed by atoms with Crippen LogP contribution in [0.25, 0.3) is 0 Å². The molecule has 0 aromatic heterocycles. The first-order valence-electron chi connectivity index (χ1n) is 13.2. The predicted molar refractivity (Wildman–Crippen MR) is 132 cm³/mol. The molecule has 2 N–H and O–H groups in total. The Morgan fingerprint density at radius 3 is 2.42 bits per heavy atom. The number of ether oxygens (including phenoxy) is 4. The Morgan fingerprint density at radius 1 is 1.13 bits per heavy atom. The van der Waals surface area contributed by atoms with Crippen LogP contribution in [0, 0.1) is 16.7 Å². The molecule has 2 saturated carbocycles. The zero-order chi connectivity index (χ0) is 27.5. The van der Waals surface area contributed by atoms with E-state index in [1.807, 2.05) is 6.92 Å². The number of hydrogen-bond acceptors (Lipinski definition) is 9. The van der Waals surface area contributed by atoms with E-state index in [2.05, 4.69) is 0 Å². The monoisotopic (exact) mass is 526 g/mol. The lowest BCUT2D eigenvalue weighted by Gasteiger charge is -2.74. The van der Waals surface area contributed by atoms with Gasteiger partial charge in [0, 0.05) is 18.8 Å². The lowest BCUT2D eigenvalue weighted by molar-refractivity contribution is -0.380. The highest BCUT2D eigenvalue weighted by Crippen LogP contribution is 2.75. The molecule has 204 valence electrons. The normalized spacial score (nSPS) is 44.1. The summed E-state index contributed by atoms with van der Waals surface area (Å²) in [5, 5.41) is 24.3. The van der Waals surface area contributed by atoms with Gasteiger partial charge in [-0.2, -0.15) is 0 Å². The molecule has 9 heteroatoms. The molecular weight excluding hydrogens is 492 g/mol. The molecule has 4 fully saturated rings. The van der Waals surface area contributed by atoms with Crippen LogP contribution in [-0.2, 0) is 28.5 Å². The minimum atomic E-state index is -2.23. The van der Waals surface area contributed by atoms with E-state index in [9.17, 15) is 24.6 Å². The highest BCUT2D eigenvalue weighted by Gasteiger charge is 2.87. The number of benzene rings is 1. The second-order valence-electron chi connectivity index (χ2n) is 12.3. The highest BCUT2D eigenvalue weighted by atomic mass is 16.6. The molecule has 1 aromatic carbocycles. The van der Waals surface area contributed by atoms with E-state index >= 15 is 0 Å². The summed E-state index contributed by atoms with van der Waals surface area (Å²) in [6.07, 6.45) is -1.96. The number of allylic oxidation sites excluding steroid dienone is 1. The average Bonchev–Trinajstić information content (AvgIpc) is 3.22. The lowest BCUT2D eigenvalue weighted by Crippen LogP contribution is -2.87. The molecule has 2 heterocycles. The number of cyclic esters (lactones) is 1. The second kappa shape index (κ2) is 7.67. The van der Waals surface area contributed by atoms with Crippen molar-refractivity contribution in [2.45, 2.75) is 89.0 Å². The smallest absolute Gasteiger partial charge is 0.343 e. The first kappa shape index (κ1) is 25.5. The number of hydrogen-bond donors (Lipinski definition) is 2. The quantitative estimate of drug-likeness (QED) is 0.347. The van der Waals surface area contributed by atoms with Crippen LogP contribution in [0.15, 0.2) is 41.5 Å². The average molecular weight is 527 g/mol. The third-order valence-corrected chi connectivity index (χ3v) is 10.3. The number of carbonyl (C=O) groups is 3. The van der Waals surface area contributed by atoms with Crippen molar-refractivity contribution in [3.05, 3.63) is 47.0 Å². The Bertz CT molecular complexity index is 1270. The molecule has 1 aromatic rings. The first-order chi connectivity index (χ1) is 17.8. The molecule has 8 atom stereocenters. The molecular formula is C29H34O9. The Labute approximate surface area is 221 Å². The van der Waals surface area contributed by atoms with E-state index in [0.29, 0.717) is 24.0 Å². The maximum absolute atomic E-state index is 13.9. The summed E-state index contributed by atoms with van der Waals surface area (Å²) in [6, 6.07) is 8.55. The zero-order valence-electron chi connectivity index (χ0n) is 22.3. The molecule has 38 heavy (non-hydrogen) atoms. The summed E-state index contributed by atoms with van der Waals surface area (Å²) in [5.74, 6) is -2.99. The van der Waals surface area contributed by atoms with E-state index in [4.69, 9.17) is 18.9 Å². The van der Waals surface area contributed by atoms with Crippen molar-refractivity contribution in [3.63, 3.8) is 0 Å². The van der Waals surface area contributed by atoms with E-state index in [1.165, 1.54) is 6.92 Å². The number of rotatable bonds is 3. The van der Waals surface area contributed by atoms with E-state index in [0.717, 1.165) is 5.57 Å². The van der Waals surface area contributed by atoms with Crippen molar-refractivity contribution in [1.82, 2.24) is 0 Å². The Balaban J connectivity index is 1.65. The van der Waals surface area contributed by atoms with Gasteiger partial charge >= 0.3 is 17.9 Å². The maximum atomic E-state index is 13.9. The van der Waals surface area contributed by atoms with Gasteiger partial charge in [-0.25, -0.2) is 9.59 Å². The van der Waals surface area contributed by atoms with Crippen molar-refractivity contribution >= 4 is 17.9 Å². The van der Waals surface area contributed by atoms with Gasteiger partial charge in [0.15, 0.2) is 11.2 Å². The van der Waals surface area contributed by atoms with Crippen LogP contribution in [0.3, 0.4) is 0 Å². The first-order valence-corrected chi connectivity index (χ1v) is 13.2. The standard InChI is InChI=1S/C29H34O9/c1-15-11-12-27-20(15)29(34,24(33)38-25(27,3)4)26(5)18(31)13-19-28(14-35-19,37-16(2)30)21(26)22(27)36-23(32)17-9-7-6-8-10-17/h6-10,18-19,21-22,31,34H,11-14H2,1-5H3. The van der Waals surface area contributed by atoms with E-state index in [-0.39, 0.29) is 13.0 Å². The summed E-state index contributed by atoms with van der Waals surface area (Å²) in [7, 11) is 0. The van der Waals surface area contributed by atoms with Crippen LogP contribution in [-0.4, -0.2) is 69.8 Å². The van der Waals surface area contributed by atoms with Crippen LogP contribution < -0.4 is 0 Å². The van der Waals surface area contributed by atoms with Crippen LogP contribution in [0.2, 0.25) is 0 Å². The molecule has 0 amide bonds. The largest absolute Gasteiger partial charge is 0.457 e. The van der Waals surface area contributed by atoms with Crippen molar-refractivity contribution < 1.29 is 43.5 Å². The van der Waals surface area contributed by atoms with Crippen LogP contribution >= 0.6 is 0 Å². The van der Waals surface area contributed by atoms with Gasteiger partial charge in [-0.3, -0.25) is 4.79 Å². The third kappa shape index (κ3) is 2.70. The highest BCUT2D eigenvalue weighted by molar-refractivity contribution is 5.91. The summed E-state index contributed by atoms with van der Waals surface area (Å²) in [5.41, 5.74) is -5.90. The van der Waals surface area contributed by atoms with Gasteiger partial charge in [0.1, 0.15) is 17.8 Å². The molecule has 8 unspecified atom stereocenters. The Kier molecular flexibility index (Phi) is 5.15. The summed E-state index contributed by atoms with van der Waals surface area (Å²) >= 11 is 0. The molecule has 6 rings (SSSR count). The van der Waals surface area contributed by atoms with Crippen molar-refractivity contribution in [2.24, 2.45) is 16.7 Å². The zero-order valence-corrected chi connectivity index (χ0v) is 22.3. The molecule has 0 spiro atoms. The van der Waals surface area contributed by atoms with Gasteiger partial charge in [0.25, 0.3) is 0 Å². The fourth-order valence-electron chi connectivity index (χ4n) is 8.62. The lowest BCUT2D eigenvalue weighted by atomic mass is 9.37. The summed E-state index contributed by atoms with van der Waals surface area (Å²) in [6.45, 7) is 8.29. The molecule has 3 aliphatic carbocycles. The minimum absolute atomic E-state index is 0.0106. The number of aliphatic hydroxyl groups is 2. The third-order valence-electron chi connectivity index (χ3n) is 10.3. The summed E-state index contributed by atoms with van der Waals surface area (Å²) < 4.78 is 24.3. The number of fused-ring (bicyclic) bond motifs is 4. The van der Waals surface area contributed by atoms with Crippen LogP contribution in [0.5, 0.6) is 0 Å². The van der Waals surface area contributed by atoms with Gasteiger partial charge in [0.2, 0.25) is 0 Å². The molecule has 2 saturated heterocycles. The molecule has 2 bridgehead atoms. The molecule has 0 radical (unpaired) electrons. The van der Waals surface area contributed by atoms with Gasteiger partial charge in [0.05, 0.1) is 29.6 Å². The fraction of sp³-hybridized carbons (Fsp3) is 0.621. The Hall–Kier alpha value is -2.75. The Morgan fingerprint density at radius 2 is 1.82 bits per heavy atom. The molecule has 2 aliphatic heterocycles. The SMILES string of the molecule is CC(=O)OC12COC1CC(O)C1(C)C2C(OC(=O)c2ccccc2)C23CCC(C)=C2C1(O)C(=O)OC3(C)C. The number of aliphatic hydroxyl groups excluding tert-OH is 1. The van der Waals surface area contributed by atoms with Crippen molar-refractivity contribution in [1.29, 1.82) is 0 Å². The second-order valence-corrected chi connectivity index (χ2v) is 12.3. The van der Waals surface area contributed by atoms with Crippen molar-refractivity contribution in [3.8, 4) is 0 Å². The molecule has 5 aliphatic rings. The summed E-state index contributed by atoms with van der Waals surface area (Å²) in [4.78, 5) is 40.0. The van der Waals surface area contributed by atoms with Gasteiger partial charge in [-0.05, 0) is 51.3 Å². The van der Waals surface area contributed by atoms with Crippen LogP contribution in [0.1, 0.15) is 64.2 Å². The predicted octanol–water partition coefficient (Wildman–Crippen LogP) is 2.48. The van der Waals surface area contributed by atoms with Crippen molar-refractivity contribution in [2.75, 3.05) is 6.61 Å². The van der Waals surface area contributed by atoms with Gasteiger partial charge < -0.3 is 29.2 Å². The van der Waals surface area contributed by atoms with Gasteiger partial charge in [-0.15, -0.1) is 0 Å². The minimum Gasteiger partial charge on any atom is -0.457 e. The van der Waals surface area contributed by atoms with Gasteiger partial charge in [-0.1, -0.05) is 30.7 Å². The maximum Gasteiger partial charge on any atom is 0.343 e. The van der Waals surface area contributed by atoms with Crippen LogP contribution in [0.4, 0.5) is 0 Å². The fourth-order valence-corrected chi connectivity index (χ4v) is 8.62. The molecule has 9 nitrogen and oxygen atoms in total. The van der Waals surface area contributed by atoms with E-state index in [1.54, 1.807) is 51.1 Å².